The van der Waals surface area contributed by atoms with Gasteiger partial charge in [0.1, 0.15) is 5.60 Å². The lowest BCUT2D eigenvalue weighted by Crippen LogP contribution is -2.56. The molecule has 1 fully saturated rings. The molecule has 0 aliphatic carbocycles. The first-order chi connectivity index (χ1) is 11.9. The van der Waals surface area contributed by atoms with E-state index in [1.54, 1.807) is 25.3 Å². The fourth-order valence-electron chi connectivity index (χ4n) is 2.92. The number of hydrogen-bond acceptors (Lipinski definition) is 4. The van der Waals surface area contributed by atoms with E-state index in [1.807, 2.05) is 6.92 Å². The molecule has 1 aliphatic rings. The van der Waals surface area contributed by atoms with Crippen LogP contribution >= 0.6 is 23.2 Å². The molecule has 0 radical (unpaired) electrons. The maximum atomic E-state index is 12.9. The average Bonchev–Trinajstić information content (AvgIpc) is 2.63. The van der Waals surface area contributed by atoms with Gasteiger partial charge in [0.25, 0.3) is 5.91 Å². The van der Waals surface area contributed by atoms with Gasteiger partial charge in [-0.3, -0.25) is 9.59 Å². The summed E-state index contributed by atoms with van der Waals surface area (Å²) in [4.78, 5) is 26.8. The Kier molecular flexibility index (Phi) is 7.07. The van der Waals surface area contributed by atoms with Crippen LogP contribution in [0, 0.1) is 0 Å². The minimum atomic E-state index is -0.871. The Morgan fingerprint density at radius 3 is 2.40 bits per heavy atom. The van der Waals surface area contributed by atoms with E-state index in [2.05, 4.69) is 10.6 Å². The number of hydrogen-bond donors (Lipinski definition) is 2. The number of likely N-dealkylation sites (N-methyl/N-ethyl adjacent to an activating group) is 1. The molecule has 0 bridgehead atoms. The molecule has 0 atom stereocenters. The SMILES string of the molecule is CCN(CC(=O)Nc1c(Cl)cccc1Cl)C(=O)C1(OC)CCNCC1. The second-order valence-corrected chi connectivity index (χ2v) is 6.73. The normalized spacial score (nSPS) is 16.3. The number of ether oxygens (including phenoxy) is 1. The molecular weight excluding hydrogens is 365 g/mol. The number of nitrogens with zero attached hydrogens (tertiary/aromatic N) is 1. The first-order valence-corrected chi connectivity index (χ1v) is 8.98. The van der Waals surface area contributed by atoms with Crippen LogP contribution in [0.25, 0.3) is 0 Å². The molecule has 0 spiro atoms. The first kappa shape index (κ1) is 20.0. The largest absolute Gasteiger partial charge is 0.368 e. The Hall–Kier alpha value is -1.34. The molecule has 0 unspecified atom stereocenters. The number of methoxy groups -OCH3 is 1. The van der Waals surface area contributed by atoms with Crippen LogP contribution in [0.15, 0.2) is 18.2 Å². The number of para-hydroxylation sites is 1. The molecule has 1 saturated heterocycles. The van der Waals surface area contributed by atoms with Gasteiger partial charge in [0.05, 0.1) is 22.3 Å². The van der Waals surface area contributed by atoms with Crippen molar-refractivity contribution < 1.29 is 14.3 Å². The Balaban J connectivity index is 2.08. The highest BCUT2D eigenvalue weighted by atomic mass is 35.5. The van der Waals surface area contributed by atoms with E-state index in [1.165, 1.54) is 4.90 Å². The van der Waals surface area contributed by atoms with Crippen LogP contribution in [-0.4, -0.2) is 55.6 Å². The number of piperidine rings is 1. The molecule has 1 aromatic rings. The van der Waals surface area contributed by atoms with Crippen LogP contribution < -0.4 is 10.6 Å². The lowest BCUT2D eigenvalue weighted by Gasteiger charge is -2.38. The number of amides is 2. The number of halogens is 2. The lowest BCUT2D eigenvalue weighted by atomic mass is 9.90. The number of nitrogens with one attached hydrogen (secondary N) is 2. The maximum absolute atomic E-state index is 12.9. The molecule has 1 aliphatic heterocycles. The Morgan fingerprint density at radius 1 is 1.28 bits per heavy atom. The van der Waals surface area contributed by atoms with E-state index in [0.717, 1.165) is 0 Å². The van der Waals surface area contributed by atoms with Gasteiger partial charge < -0.3 is 20.3 Å². The predicted molar refractivity (Wildman–Crippen MR) is 99.2 cm³/mol. The second-order valence-electron chi connectivity index (χ2n) is 5.91. The van der Waals surface area contributed by atoms with Gasteiger partial charge in [0.2, 0.25) is 5.91 Å². The number of anilines is 1. The third kappa shape index (κ3) is 4.64. The summed E-state index contributed by atoms with van der Waals surface area (Å²) in [6.07, 6.45) is 1.16. The lowest BCUT2D eigenvalue weighted by molar-refractivity contribution is -0.159. The van der Waals surface area contributed by atoms with E-state index in [9.17, 15) is 9.59 Å². The van der Waals surface area contributed by atoms with Crippen molar-refractivity contribution in [2.24, 2.45) is 0 Å². The van der Waals surface area contributed by atoms with Crippen molar-refractivity contribution in [3.63, 3.8) is 0 Å². The van der Waals surface area contributed by atoms with Gasteiger partial charge in [-0.2, -0.15) is 0 Å². The zero-order valence-corrected chi connectivity index (χ0v) is 15.9. The number of carbonyl (C=O) groups excluding carboxylic acids is 2. The summed E-state index contributed by atoms with van der Waals surface area (Å²) >= 11 is 12.1. The molecule has 2 rings (SSSR count). The van der Waals surface area contributed by atoms with Gasteiger partial charge in [0.15, 0.2) is 0 Å². The van der Waals surface area contributed by atoms with Crippen molar-refractivity contribution in [1.82, 2.24) is 10.2 Å². The summed E-state index contributed by atoms with van der Waals surface area (Å²) in [5.41, 5.74) is -0.522. The Morgan fingerprint density at radius 2 is 1.88 bits per heavy atom. The smallest absolute Gasteiger partial charge is 0.255 e. The summed E-state index contributed by atoms with van der Waals surface area (Å²) < 4.78 is 5.56. The predicted octanol–water partition coefficient (Wildman–Crippen LogP) is 2.55. The Bertz CT molecular complexity index is 613. The van der Waals surface area contributed by atoms with Gasteiger partial charge in [-0.1, -0.05) is 29.3 Å². The van der Waals surface area contributed by atoms with Gasteiger partial charge >= 0.3 is 0 Å². The van der Waals surface area contributed by atoms with Gasteiger partial charge in [0, 0.05) is 13.7 Å². The van der Waals surface area contributed by atoms with Gasteiger partial charge in [-0.25, -0.2) is 0 Å². The van der Waals surface area contributed by atoms with Gasteiger partial charge in [-0.05, 0) is 45.0 Å². The first-order valence-electron chi connectivity index (χ1n) is 8.22. The van der Waals surface area contributed by atoms with Gasteiger partial charge in [-0.15, -0.1) is 0 Å². The van der Waals surface area contributed by atoms with E-state index in [4.69, 9.17) is 27.9 Å². The van der Waals surface area contributed by atoms with Crippen LogP contribution in [0.2, 0.25) is 10.0 Å². The number of benzene rings is 1. The van der Waals surface area contributed by atoms with Crippen molar-refractivity contribution in [1.29, 1.82) is 0 Å². The van der Waals surface area contributed by atoms with Crippen LogP contribution in [0.4, 0.5) is 5.69 Å². The Labute approximate surface area is 157 Å². The fourth-order valence-corrected chi connectivity index (χ4v) is 3.41. The summed E-state index contributed by atoms with van der Waals surface area (Å²) in [6, 6.07) is 4.98. The summed E-state index contributed by atoms with van der Waals surface area (Å²) in [6.45, 7) is 3.56. The average molecular weight is 388 g/mol. The summed E-state index contributed by atoms with van der Waals surface area (Å²) in [7, 11) is 1.54. The third-order valence-corrected chi connectivity index (χ3v) is 5.05. The van der Waals surface area contributed by atoms with Crippen molar-refractivity contribution in [3.8, 4) is 0 Å². The molecule has 8 heteroatoms. The highest BCUT2D eigenvalue weighted by molar-refractivity contribution is 6.39. The minimum Gasteiger partial charge on any atom is -0.368 e. The standard InChI is InChI=1S/C17H23Cl2N3O3/c1-3-22(16(24)17(25-2)7-9-20-10-8-17)11-14(23)21-15-12(18)5-4-6-13(15)19/h4-6,20H,3,7-11H2,1-2H3,(H,21,23). The summed E-state index contributed by atoms with van der Waals surface area (Å²) in [5.74, 6) is -0.523. The van der Waals surface area contributed by atoms with E-state index in [-0.39, 0.29) is 18.4 Å². The minimum absolute atomic E-state index is 0.0879. The molecule has 6 nitrogen and oxygen atoms in total. The van der Waals surface area contributed by atoms with Crippen molar-refractivity contribution in [3.05, 3.63) is 28.2 Å². The van der Waals surface area contributed by atoms with Crippen LogP contribution in [0.1, 0.15) is 19.8 Å². The molecule has 2 N–H and O–H groups in total. The van der Waals surface area contributed by atoms with E-state index >= 15 is 0 Å². The third-order valence-electron chi connectivity index (χ3n) is 4.42. The quantitative estimate of drug-likeness (QED) is 0.786. The van der Waals surface area contributed by atoms with Crippen molar-refractivity contribution in [2.45, 2.75) is 25.4 Å². The number of rotatable bonds is 6. The van der Waals surface area contributed by atoms with Crippen LogP contribution in [0.3, 0.4) is 0 Å². The highest BCUT2D eigenvalue weighted by Crippen LogP contribution is 2.30. The van der Waals surface area contributed by atoms with E-state index in [0.29, 0.717) is 48.2 Å². The molecule has 1 heterocycles. The molecule has 1 aromatic carbocycles. The van der Waals surface area contributed by atoms with Crippen LogP contribution in [-0.2, 0) is 14.3 Å². The maximum Gasteiger partial charge on any atom is 0.255 e. The molecular formula is C17H23Cl2N3O3. The molecule has 0 aromatic heterocycles. The van der Waals surface area contributed by atoms with E-state index < -0.39 is 5.60 Å². The zero-order valence-electron chi connectivity index (χ0n) is 14.4. The molecule has 0 saturated carbocycles. The topological polar surface area (TPSA) is 70.7 Å². The van der Waals surface area contributed by atoms with Crippen molar-refractivity contribution >= 4 is 40.7 Å². The van der Waals surface area contributed by atoms with Crippen molar-refractivity contribution in [2.75, 3.05) is 38.6 Å². The highest BCUT2D eigenvalue weighted by Gasteiger charge is 2.42. The molecule has 2 amide bonds. The number of carbonyl (C=O) groups is 2. The molecule has 25 heavy (non-hydrogen) atoms. The monoisotopic (exact) mass is 387 g/mol. The fraction of sp³-hybridized carbons (Fsp3) is 0.529. The second kappa shape index (κ2) is 8.85. The molecule has 138 valence electrons. The summed E-state index contributed by atoms with van der Waals surface area (Å²) in [5, 5.41) is 6.59. The zero-order chi connectivity index (χ0) is 18.4. The van der Waals surface area contributed by atoms with Crippen LogP contribution in [0.5, 0.6) is 0 Å².